The lowest BCUT2D eigenvalue weighted by molar-refractivity contribution is -0.200. The Kier molecular flexibility index (Phi) is 5.51. The van der Waals surface area contributed by atoms with Crippen LogP contribution in [0.4, 0.5) is 0 Å². The van der Waals surface area contributed by atoms with Crippen molar-refractivity contribution >= 4 is 12.1 Å². The molecule has 0 aromatic heterocycles. The molecular formula is C30H44O5. The number of Topliss-reactive ketones (excluding diaryl/α,β-unsaturated/α-hetero) is 1. The van der Waals surface area contributed by atoms with Crippen LogP contribution in [-0.2, 0) is 14.3 Å². The van der Waals surface area contributed by atoms with E-state index in [0.717, 1.165) is 32.0 Å². The standard InChI is InChI=1S/C30H44O5/c1-17(16-31)12-18-13-29(6,34)25-21(35-18)14-27(4)22-10-8-19-20(9-11-23(32)26(19,2)3)30(22,7)24(33)15-28(25,27)5/h8,12,16,18,20-23,25,32,34H,9-11,13-15H2,1-7H3. The van der Waals surface area contributed by atoms with E-state index in [1.165, 1.54) is 5.57 Å². The predicted molar refractivity (Wildman–Crippen MR) is 134 cm³/mol. The number of carbonyl (C=O) groups is 2. The molecule has 5 aliphatic rings. The third-order valence-corrected chi connectivity index (χ3v) is 11.9. The van der Waals surface area contributed by atoms with Crippen LogP contribution in [0.3, 0.4) is 0 Å². The van der Waals surface area contributed by atoms with Gasteiger partial charge in [0.2, 0.25) is 0 Å². The summed E-state index contributed by atoms with van der Waals surface area (Å²) in [6, 6.07) is 0. The third-order valence-electron chi connectivity index (χ3n) is 11.9. The van der Waals surface area contributed by atoms with Gasteiger partial charge in [0, 0.05) is 29.6 Å². The van der Waals surface area contributed by atoms with Gasteiger partial charge in [-0.05, 0) is 73.8 Å². The van der Waals surface area contributed by atoms with Gasteiger partial charge in [0.1, 0.15) is 12.1 Å². The van der Waals surface area contributed by atoms with E-state index in [2.05, 4.69) is 40.7 Å². The van der Waals surface area contributed by atoms with Gasteiger partial charge < -0.3 is 14.9 Å². The zero-order valence-corrected chi connectivity index (χ0v) is 22.6. The van der Waals surface area contributed by atoms with Crippen molar-refractivity contribution in [3.05, 3.63) is 23.3 Å². The van der Waals surface area contributed by atoms with E-state index >= 15 is 0 Å². The molecule has 0 amide bonds. The summed E-state index contributed by atoms with van der Waals surface area (Å²) in [4.78, 5) is 25.5. The van der Waals surface area contributed by atoms with Gasteiger partial charge in [-0.3, -0.25) is 9.59 Å². The second kappa shape index (κ2) is 7.61. The van der Waals surface area contributed by atoms with Gasteiger partial charge in [-0.15, -0.1) is 0 Å². The zero-order chi connectivity index (χ0) is 25.8. The molecule has 1 saturated heterocycles. The zero-order valence-electron chi connectivity index (χ0n) is 22.6. The predicted octanol–water partition coefficient (Wildman–Crippen LogP) is 4.80. The first-order valence-electron chi connectivity index (χ1n) is 13.6. The average molecular weight is 485 g/mol. The van der Waals surface area contributed by atoms with Crippen LogP contribution < -0.4 is 0 Å². The van der Waals surface area contributed by atoms with Gasteiger partial charge in [-0.2, -0.15) is 0 Å². The Labute approximate surface area is 210 Å². The first-order chi connectivity index (χ1) is 16.1. The molecule has 3 saturated carbocycles. The molecule has 10 atom stereocenters. The fraction of sp³-hybridized carbons (Fsp3) is 0.800. The second-order valence-electron chi connectivity index (χ2n) is 14.0. The first-order valence-corrected chi connectivity index (χ1v) is 13.6. The molecule has 0 aromatic carbocycles. The molecule has 4 aliphatic carbocycles. The maximum absolute atomic E-state index is 14.3. The molecule has 1 heterocycles. The van der Waals surface area contributed by atoms with Crippen LogP contribution in [0.1, 0.15) is 87.0 Å². The SMILES string of the molecule is CC(C=O)=CC1CC(C)(O)C2C(CC3(C)C4CC=C5C(CCC(O)C5(C)C)C4(C)C(=O)CC23C)O1. The number of hydrogen-bond acceptors (Lipinski definition) is 5. The van der Waals surface area contributed by atoms with E-state index in [-0.39, 0.29) is 52.3 Å². The highest BCUT2D eigenvalue weighted by Gasteiger charge is 2.74. The summed E-state index contributed by atoms with van der Waals surface area (Å²) in [6.45, 7) is 14.7. The fourth-order valence-electron chi connectivity index (χ4n) is 9.92. The minimum atomic E-state index is -0.986. The second-order valence-corrected chi connectivity index (χ2v) is 14.0. The Balaban J connectivity index is 1.58. The van der Waals surface area contributed by atoms with Crippen LogP contribution >= 0.6 is 0 Å². The average Bonchev–Trinajstić information content (AvgIpc) is 2.97. The molecular weight excluding hydrogens is 440 g/mol. The Morgan fingerprint density at radius 2 is 1.77 bits per heavy atom. The summed E-state index contributed by atoms with van der Waals surface area (Å²) in [7, 11) is 0. The number of fused-ring (bicyclic) bond motifs is 7. The highest BCUT2D eigenvalue weighted by molar-refractivity contribution is 5.88. The van der Waals surface area contributed by atoms with Gasteiger partial charge in [0.05, 0.1) is 23.9 Å². The highest BCUT2D eigenvalue weighted by Crippen LogP contribution is 2.75. The number of aliphatic hydroxyl groups excluding tert-OH is 1. The number of hydrogen-bond donors (Lipinski definition) is 2. The Hall–Kier alpha value is -1.30. The third kappa shape index (κ3) is 3.16. The summed E-state index contributed by atoms with van der Waals surface area (Å²) >= 11 is 0. The van der Waals surface area contributed by atoms with Crippen LogP contribution in [-0.4, -0.2) is 46.2 Å². The van der Waals surface area contributed by atoms with E-state index < -0.39 is 11.0 Å². The summed E-state index contributed by atoms with van der Waals surface area (Å²) < 4.78 is 6.59. The van der Waals surface area contributed by atoms with Crippen LogP contribution in [0, 0.1) is 39.4 Å². The van der Waals surface area contributed by atoms with Crippen LogP contribution in [0.15, 0.2) is 23.3 Å². The minimum Gasteiger partial charge on any atom is -0.392 e. The number of allylic oxidation sites excluding steroid dienone is 2. The smallest absolute Gasteiger partial charge is 0.145 e. The molecule has 1 aliphatic heterocycles. The highest BCUT2D eigenvalue weighted by atomic mass is 16.5. The van der Waals surface area contributed by atoms with Crippen molar-refractivity contribution in [3.8, 4) is 0 Å². The van der Waals surface area contributed by atoms with Crippen molar-refractivity contribution in [2.45, 2.75) is 111 Å². The van der Waals surface area contributed by atoms with E-state index in [4.69, 9.17) is 4.74 Å². The van der Waals surface area contributed by atoms with Crippen LogP contribution in [0.2, 0.25) is 0 Å². The van der Waals surface area contributed by atoms with Crippen LogP contribution in [0.25, 0.3) is 0 Å². The molecule has 5 nitrogen and oxygen atoms in total. The molecule has 2 N–H and O–H groups in total. The summed E-state index contributed by atoms with van der Waals surface area (Å²) in [5.41, 5.74) is -0.425. The maximum atomic E-state index is 14.3. The summed E-state index contributed by atoms with van der Waals surface area (Å²) in [6.07, 6.45) is 8.29. The number of aldehydes is 1. The quantitative estimate of drug-likeness (QED) is 0.334. The molecule has 0 bridgehead atoms. The molecule has 0 radical (unpaired) electrons. The monoisotopic (exact) mass is 484 g/mol. The molecule has 194 valence electrons. The van der Waals surface area contributed by atoms with Crippen molar-refractivity contribution < 1.29 is 24.5 Å². The number of aliphatic hydroxyl groups is 2. The molecule has 5 heteroatoms. The van der Waals surface area contributed by atoms with Crippen LogP contribution in [0.5, 0.6) is 0 Å². The number of ketones is 1. The normalized spacial score (nSPS) is 53.1. The van der Waals surface area contributed by atoms with Gasteiger partial charge in [-0.25, -0.2) is 0 Å². The van der Waals surface area contributed by atoms with Gasteiger partial charge in [-0.1, -0.05) is 46.3 Å². The van der Waals surface area contributed by atoms with E-state index in [1.807, 2.05) is 13.0 Å². The molecule has 35 heavy (non-hydrogen) atoms. The van der Waals surface area contributed by atoms with E-state index in [0.29, 0.717) is 24.2 Å². The van der Waals surface area contributed by atoms with E-state index in [1.54, 1.807) is 6.92 Å². The molecule has 10 unspecified atom stereocenters. The fourth-order valence-corrected chi connectivity index (χ4v) is 9.92. The lowest BCUT2D eigenvalue weighted by atomic mass is 9.38. The maximum Gasteiger partial charge on any atom is 0.145 e. The number of rotatable bonds is 2. The minimum absolute atomic E-state index is 0.135. The van der Waals surface area contributed by atoms with Gasteiger partial charge in [0.15, 0.2) is 0 Å². The Bertz CT molecular complexity index is 1010. The molecule has 0 spiro atoms. The van der Waals surface area contributed by atoms with Crippen molar-refractivity contribution in [3.63, 3.8) is 0 Å². The Morgan fingerprint density at radius 3 is 2.43 bits per heavy atom. The summed E-state index contributed by atoms with van der Waals surface area (Å²) in [5.74, 6) is 0.505. The van der Waals surface area contributed by atoms with Crippen molar-refractivity contribution in [1.82, 2.24) is 0 Å². The molecule has 4 fully saturated rings. The summed E-state index contributed by atoms with van der Waals surface area (Å²) in [5, 5.41) is 22.6. The van der Waals surface area contributed by atoms with Crippen molar-refractivity contribution in [1.29, 1.82) is 0 Å². The van der Waals surface area contributed by atoms with E-state index in [9.17, 15) is 19.8 Å². The first kappa shape index (κ1) is 25.4. The van der Waals surface area contributed by atoms with Gasteiger partial charge >= 0.3 is 0 Å². The lowest BCUT2D eigenvalue weighted by Gasteiger charge is -2.65. The molecule has 0 aromatic rings. The Morgan fingerprint density at radius 1 is 1.09 bits per heavy atom. The topological polar surface area (TPSA) is 83.8 Å². The number of carbonyl (C=O) groups excluding carboxylic acids is 2. The van der Waals surface area contributed by atoms with Crippen molar-refractivity contribution in [2.75, 3.05) is 0 Å². The number of ether oxygens (including phenoxy) is 1. The largest absolute Gasteiger partial charge is 0.392 e. The lowest BCUT2D eigenvalue weighted by Crippen LogP contribution is -2.64. The van der Waals surface area contributed by atoms with Crippen molar-refractivity contribution in [2.24, 2.45) is 39.4 Å². The van der Waals surface area contributed by atoms with Gasteiger partial charge in [0.25, 0.3) is 0 Å². The molecule has 5 rings (SSSR count).